The van der Waals surface area contributed by atoms with Crippen LogP contribution in [0.1, 0.15) is 40.3 Å². The van der Waals surface area contributed by atoms with Gasteiger partial charge in [0.2, 0.25) is 11.8 Å². The number of anilines is 1. The van der Waals surface area contributed by atoms with Crippen molar-refractivity contribution in [3.05, 3.63) is 112 Å². The third kappa shape index (κ3) is 7.34. The lowest BCUT2D eigenvalue weighted by atomic mass is 10.0. The van der Waals surface area contributed by atoms with Crippen LogP contribution < -0.4 is 14.8 Å². The number of nitrogens with one attached hydrogen (secondary N) is 2. The number of pyridine rings is 1. The first-order valence-corrected chi connectivity index (χ1v) is 18.9. The molecule has 8 rings (SSSR count). The maximum Gasteiger partial charge on any atom is 0.255 e. The van der Waals surface area contributed by atoms with Crippen LogP contribution in [0.4, 0.5) is 10.1 Å². The molecule has 0 spiro atoms. The Morgan fingerprint density at radius 1 is 1.13 bits per heavy atom. The Kier molecular flexibility index (Phi) is 9.81. The zero-order valence-corrected chi connectivity index (χ0v) is 30.8. The zero-order chi connectivity index (χ0) is 36.5. The number of benzene rings is 3. The van der Waals surface area contributed by atoms with E-state index < -0.39 is 5.82 Å². The first kappa shape index (κ1) is 35.1. The van der Waals surface area contributed by atoms with E-state index in [-0.39, 0.29) is 17.4 Å². The summed E-state index contributed by atoms with van der Waals surface area (Å²) in [6, 6.07) is 21.4. The van der Waals surface area contributed by atoms with Crippen LogP contribution in [-0.4, -0.2) is 73.5 Å². The third-order valence-electron chi connectivity index (χ3n) is 9.79. The van der Waals surface area contributed by atoms with E-state index in [1.54, 1.807) is 37.1 Å². The monoisotopic (exact) mass is 753 g/mol. The summed E-state index contributed by atoms with van der Waals surface area (Å²) in [4.78, 5) is 25.3. The van der Waals surface area contributed by atoms with E-state index in [2.05, 4.69) is 37.3 Å². The number of imidazole rings is 1. The summed E-state index contributed by atoms with van der Waals surface area (Å²) in [5.74, 6) is 1.17. The number of aromatic nitrogens is 5. The average molecular weight is 754 g/mol. The molecule has 3 aromatic heterocycles. The van der Waals surface area contributed by atoms with Crippen molar-refractivity contribution < 1.29 is 23.4 Å². The van der Waals surface area contributed by atoms with E-state index in [0.717, 1.165) is 65.0 Å². The molecule has 6 aromatic rings. The van der Waals surface area contributed by atoms with Crippen molar-refractivity contribution in [3.63, 3.8) is 0 Å². The zero-order valence-electron chi connectivity index (χ0n) is 29.2. The Morgan fingerprint density at radius 3 is 2.77 bits per heavy atom. The molecule has 0 radical (unpaired) electrons. The number of H-pyrrole nitrogens is 1. The highest BCUT2D eigenvalue weighted by atomic mass is 35.5. The summed E-state index contributed by atoms with van der Waals surface area (Å²) in [5, 5.41) is 11.2. The van der Waals surface area contributed by atoms with Crippen molar-refractivity contribution >= 4 is 62.5 Å². The molecule has 3 aromatic carbocycles. The molecule has 2 aliphatic heterocycles. The van der Waals surface area contributed by atoms with Gasteiger partial charge in [-0.05, 0) is 72.8 Å². The topological polar surface area (TPSA) is 119 Å². The molecule has 1 amide bonds. The number of hydrogen-bond acceptors (Lipinski definition) is 9. The minimum Gasteiger partial charge on any atom is -0.480 e. The lowest BCUT2D eigenvalue weighted by molar-refractivity contribution is -0.0873. The van der Waals surface area contributed by atoms with E-state index >= 15 is 0 Å². The number of carbonyl (C=O) groups excluding carboxylic acids is 1. The van der Waals surface area contributed by atoms with Gasteiger partial charge in [-0.3, -0.25) is 14.8 Å². The van der Waals surface area contributed by atoms with Crippen LogP contribution in [0.3, 0.4) is 0 Å². The van der Waals surface area contributed by atoms with Crippen LogP contribution in [0.15, 0.2) is 78.9 Å². The van der Waals surface area contributed by atoms with E-state index in [4.69, 9.17) is 35.8 Å². The number of thioether (sulfide) groups is 1. The number of ether oxygens (including phenoxy) is 3. The quantitative estimate of drug-likeness (QED) is 0.130. The van der Waals surface area contributed by atoms with E-state index in [1.807, 2.05) is 48.5 Å². The van der Waals surface area contributed by atoms with Crippen LogP contribution in [0, 0.1) is 5.82 Å². The van der Waals surface area contributed by atoms with Gasteiger partial charge in [-0.1, -0.05) is 29.8 Å². The normalized spacial score (nSPS) is 17.5. The van der Waals surface area contributed by atoms with Crippen LogP contribution in [0.25, 0.3) is 27.5 Å². The fourth-order valence-corrected chi connectivity index (χ4v) is 7.62. The third-order valence-corrected chi connectivity index (χ3v) is 11.2. The van der Waals surface area contributed by atoms with Gasteiger partial charge in [0.25, 0.3) is 5.91 Å². The molecule has 11 nitrogen and oxygen atoms in total. The molecular formula is C39H37ClFN7O4S. The van der Waals surface area contributed by atoms with Gasteiger partial charge in [0, 0.05) is 47.4 Å². The Bertz CT molecular complexity index is 2350. The second-order valence-electron chi connectivity index (χ2n) is 13.1. The maximum absolute atomic E-state index is 14.3. The smallest absolute Gasteiger partial charge is 0.255 e. The van der Waals surface area contributed by atoms with Gasteiger partial charge < -0.3 is 24.1 Å². The number of fused-ring (bicyclic) bond motifs is 2. The standard InChI is InChI=1S/C39H37ClFN7O4S/c1-50-38-29-20-28(9-10-32(29)45-46-38)42-37(49)25-7-11-34-33(18-25)43-35(48(34)23-39(53-2)14-17-52-39)21-47-15-12-24(13-16-47)31-4-3-5-36(44-31)51-22-26-6-8-27(40)19-30(26)41/h3-12,18-20H,13-17,21-23H2,1-2H3,(H,42,49)(H,45,46). The second-order valence-corrected chi connectivity index (χ2v) is 14.7. The van der Waals surface area contributed by atoms with Crippen molar-refractivity contribution in [2.75, 3.05) is 38.4 Å². The molecule has 2 N–H and O–H groups in total. The van der Waals surface area contributed by atoms with Gasteiger partial charge in [0.05, 0.1) is 54.4 Å². The molecule has 0 bridgehead atoms. The number of nitrogens with zero attached hydrogens (tertiary/aromatic N) is 5. The Balaban J connectivity index is 0.989. The number of hydrogen-bond donors (Lipinski definition) is 2. The number of amides is 1. The van der Waals surface area contributed by atoms with Gasteiger partial charge in [-0.2, -0.15) is 0 Å². The first-order valence-electron chi connectivity index (χ1n) is 17.3. The summed E-state index contributed by atoms with van der Waals surface area (Å²) in [7, 11) is 1.56. The predicted octanol–water partition coefficient (Wildman–Crippen LogP) is 7.71. The number of carbonyl (C=O) groups is 1. The molecule has 1 atom stereocenters. The van der Waals surface area contributed by atoms with Crippen molar-refractivity contribution in [3.8, 4) is 11.8 Å². The Morgan fingerprint density at radius 2 is 2.02 bits per heavy atom. The molecular weight excluding hydrogens is 717 g/mol. The van der Waals surface area contributed by atoms with E-state index in [9.17, 15) is 9.18 Å². The van der Waals surface area contributed by atoms with E-state index in [0.29, 0.717) is 53.2 Å². The predicted molar refractivity (Wildman–Crippen MR) is 205 cm³/mol. The lowest BCUT2D eigenvalue weighted by Crippen LogP contribution is -2.44. The van der Waals surface area contributed by atoms with Crippen LogP contribution in [-0.2, 0) is 24.4 Å². The SMILES string of the molecule is COc1n[nH]c2ccc(NC(=O)c3ccc4c(c3)nc(CN3CC=C(c5cccc(OCc6ccc(Cl)cc6F)n5)CC3)n4CC3(SC)CCO3)cc12. The van der Waals surface area contributed by atoms with Gasteiger partial charge in [0.1, 0.15) is 23.2 Å². The highest BCUT2D eigenvalue weighted by molar-refractivity contribution is 7.99. The molecule has 5 heterocycles. The summed E-state index contributed by atoms with van der Waals surface area (Å²) in [6.45, 7) is 3.60. The number of methoxy groups -OCH3 is 1. The molecule has 0 aliphatic carbocycles. The lowest BCUT2D eigenvalue weighted by Gasteiger charge is -2.41. The molecule has 2 aliphatic rings. The molecule has 1 saturated heterocycles. The fraction of sp³-hybridized carbons (Fsp3) is 0.282. The van der Waals surface area contributed by atoms with Crippen molar-refractivity contribution in [2.45, 2.75) is 37.5 Å². The first-order chi connectivity index (χ1) is 25.8. The minimum absolute atomic E-state index is 0.0558. The van der Waals surface area contributed by atoms with Crippen molar-refractivity contribution in [1.82, 2.24) is 29.6 Å². The molecule has 53 heavy (non-hydrogen) atoms. The number of halogens is 2. The largest absolute Gasteiger partial charge is 0.480 e. The molecule has 272 valence electrons. The Hall–Kier alpha value is -4.95. The molecule has 1 unspecified atom stereocenters. The van der Waals surface area contributed by atoms with Crippen LogP contribution >= 0.6 is 23.4 Å². The van der Waals surface area contributed by atoms with Crippen molar-refractivity contribution in [2.24, 2.45) is 0 Å². The maximum atomic E-state index is 14.3. The van der Waals surface area contributed by atoms with Gasteiger partial charge >= 0.3 is 0 Å². The molecule has 0 saturated carbocycles. The summed E-state index contributed by atoms with van der Waals surface area (Å²) >= 11 is 7.61. The summed E-state index contributed by atoms with van der Waals surface area (Å²) < 4.78 is 33.8. The molecule has 14 heteroatoms. The van der Waals surface area contributed by atoms with Gasteiger partial charge in [-0.25, -0.2) is 14.4 Å². The van der Waals surface area contributed by atoms with Gasteiger partial charge in [0.15, 0.2) is 0 Å². The number of rotatable bonds is 12. The Labute approximate surface area is 314 Å². The number of aromatic amines is 1. The van der Waals surface area contributed by atoms with Crippen LogP contribution in [0.2, 0.25) is 5.02 Å². The van der Waals surface area contributed by atoms with Crippen molar-refractivity contribution in [1.29, 1.82) is 0 Å². The fourth-order valence-electron chi connectivity index (χ4n) is 6.72. The summed E-state index contributed by atoms with van der Waals surface area (Å²) in [6.07, 6.45) is 6.03. The molecule has 1 fully saturated rings. The van der Waals surface area contributed by atoms with Crippen LogP contribution in [0.5, 0.6) is 11.8 Å². The van der Waals surface area contributed by atoms with E-state index in [1.165, 1.54) is 6.07 Å². The average Bonchev–Trinajstić information content (AvgIpc) is 3.72. The van der Waals surface area contributed by atoms with Gasteiger partial charge in [-0.15, -0.1) is 16.9 Å². The second kappa shape index (κ2) is 14.8. The summed E-state index contributed by atoms with van der Waals surface area (Å²) in [5.41, 5.74) is 6.05. The highest BCUT2D eigenvalue weighted by Crippen LogP contribution is 2.39. The highest BCUT2D eigenvalue weighted by Gasteiger charge is 2.39. The minimum atomic E-state index is -0.409.